The van der Waals surface area contributed by atoms with E-state index < -0.39 is 11.6 Å². The van der Waals surface area contributed by atoms with Crippen LogP contribution in [0.4, 0.5) is 0 Å². The van der Waals surface area contributed by atoms with Crippen LogP contribution in [0.1, 0.15) is 30.9 Å². The zero-order valence-electron chi connectivity index (χ0n) is 10.3. The number of hydrogen-bond donors (Lipinski definition) is 1. The Kier molecular flexibility index (Phi) is 3.20. The molecule has 0 saturated heterocycles. The van der Waals surface area contributed by atoms with Gasteiger partial charge in [0.15, 0.2) is 5.60 Å². The first-order valence-corrected chi connectivity index (χ1v) is 5.97. The van der Waals surface area contributed by atoms with Gasteiger partial charge in [0.25, 0.3) is 0 Å². The van der Waals surface area contributed by atoms with E-state index in [1.54, 1.807) is 6.92 Å². The fourth-order valence-electron chi connectivity index (χ4n) is 1.78. The van der Waals surface area contributed by atoms with Crippen LogP contribution in [0.2, 0.25) is 0 Å². The van der Waals surface area contributed by atoms with E-state index in [0.717, 1.165) is 18.4 Å². The van der Waals surface area contributed by atoms with Crippen LogP contribution in [0.25, 0.3) is 0 Å². The average molecular weight is 234 g/mol. The SMILES string of the molecule is Cc1cccc(C(C)(OCC2CC2)C(=O)O)c1. The van der Waals surface area contributed by atoms with Crippen LogP contribution in [0.3, 0.4) is 0 Å². The van der Waals surface area contributed by atoms with Crippen molar-refractivity contribution in [3.05, 3.63) is 35.4 Å². The fraction of sp³-hybridized carbons (Fsp3) is 0.500. The van der Waals surface area contributed by atoms with Gasteiger partial charge in [-0.1, -0.05) is 29.8 Å². The molecule has 3 nitrogen and oxygen atoms in total. The molecule has 0 aromatic heterocycles. The number of hydrogen-bond acceptors (Lipinski definition) is 2. The quantitative estimate of drug-likeness (QED) is 0.852. The summed E-state index contributed by atoms with van der Waals surface area (Å²) in [6.45, 7) is 4.12. The lowest BCUT2D eigenvalue weighted by atomic mass is 9.94. The maximum absolute atomic E-state index is 11.4. The third-order valence-electron chi connectivity index (χ3n) is 3.28. The molecule has 1 aromatic rings. The molecule has 1 aliphatic rings. The molecule has 1 saturated carbocycles. The van der Waals surface area contributed by atoms with Crippen molar-refractivity contribution in [2.45, 2.75) is 32.3 Å². The number of ether oxygens (including phenoxy) is 1. The van der Waals surface area contributed by atoms with Gasteiger partial charge in [-0.05, 0) is 38.2 Å². The second-order valence-corrected chi connectivity index (χ2v) is 4.96. The van der Waals surface area contributed by atoms with E-state index in [-0.39, 0.29) is 0 Å². The lowest BCUT2D eigenvalue weighted by Gasteiger charge is -2.26. The Labute approximate surface area is 101 Å². The van der Waals surface area contributed by atoms with Gasteiger partial charge in [-0.15, -0.1) is 0 Å². The molecule has 0 spiro atoms. The summed E-state index contributed by atoms with van der Waals surface area (Å²) in [6.07, 6.45) is 2.31. The van der Waals surface area contributed by atoms with Gasteiger partial charge in [0.05, 0.1) is 6.61 Å². The van der Waals surface area contributed by atoms with Crippen molar-refractivity contribution >= 4 is 5.97 Å². The van der Waals surface area contributed by atoms with E-state index in [9.17, 15) is 9.90 Å². The number of aliphatic carboxylic acids is 1. The van der Waals surface area contributed by atoms with Gasteiger partial charge in [-0.25, -0.2) is 4.79 Å². The summed E-state index contributed by atoms with van der Waals surface area (Å²) < 4.78 is 5.66. The molecule has 1 atom stereocenters. The van der Waals surface area contributed by atoms with Gasteiger partial charge in [0.1, 0.15) is 0 Å². The highest BCUT2D eigenvalue weighted by Gasteiger charge is 2.38. The summed E-state index contributed by atoms with van der Waals surface area (Å²) in [7, 11) is 0. The second kappa shape index (κ2) is 4.49. The zero-order valence-corrected chi connectivity index (χ0v) is 10.3. The van der Waals surface area contributed by atoms with Crippen LogP contribution in [0.5, 0.6) is 0 Å². The summed E-state index contributed by atoms with van der Waals surface area (Å²) in [5.74, 6) is -0.373. The monoisotopic (exact) mass is 234 g/mol. The highest BCUT2D eigenvalue weighted by atomic mass is 16.5. The van der Waals surface area contributed by atoms with Crippen LogP contribution < -0.4 is 0 Å². The highest BCUT2D eigenvalue weighted by Crippen LogP contribution is 2.33. The number of aryl methyl sites for hydroxylation is 1. The topological polar surface area (TPSA) is 46.5 Å². The molecule has 2 rings (SSSR count). The molecule has 0 bridgehead atoms. The number of carbonyl (C=O) groups is 1. The molecule has 1 unspecified atom stereocenters. The molecule has 92 valence electrons. The van der Waals surface area contributed by atoms with Crippen LogP contribution in [0, 0.1) is 12.8 Å². The summed E-state index contributed by atoms with van der Waals surface area (Å²) >= 11 is 0. The Balaban J connectivity index is 2.22. The molecule has 17 heavy (non-hydrogen) atoms. The second-order valence-electron chi connectivity index (χ2n) is 4.96. The van der Waals surface area contributed by atoms with Crippen molar-refractivity contribution in [1.29, 1.82) is 0 Å². The minimum atomic E-state index is -1.23. The number of benzene rings is 1. The summed E-state index contributed by atoms with van der Waals surface area (Å²) in [4.78, 5) is 11.4. The van der Waals surface area contributed by atoms with Crippen LogP contribution >= 0.6 is 0 Å². The Morgan fingerprint density at radius 3 is 2.76 bits per heavy atom. The van der Waals surface area contributed by atoms with Crippen LogP contribution in [-0.4, -0.2) is 17.7 Å². The summed E-state index contributed by atoms with van der Waals surface area (Å²) in [6, 6.07) is 7.51. The van der Waals surface area contributed by atoms with E-state index in [1.165, 1.54) is 0 Å². The van der Waals surface area contributed by atoms with E-state index in [2.05, 4.69) is 0 Å². The molecular formula is C14H18O3. The van der Waals surface area contributed by atoms with Gasteiger partial charge in [0, 0.05) is 0 Å². The van der Waals surface area contributed by atoms with Gasteiger partial charge in [0.2, 0.25) is 0 Å². The van der Waals surface area contributed by atoms with Crippen LogP contribution in [0.15, 0.2) is 24.3 Å². The lowest BCUT2D eigenvalue weighted by Crippen LogP contribution is -2.36. The molecule has 3 heteroatoms. The number of carboxylic acids is 1. The van der Waals surface area contributed by atoms with Gasteiger partial charge in [-0.2, -0.15) is 0 Å². The maximum atomic E-state index is 11.4. The molecule has 1 fully saturated rings. The standard InChI is InChI=1S/C14H18O3/c1-10-4-3-5-12(8-10)14(2,13(15)16)17-9-11-6-7-11/h3-5,8,11H,6-7,9H2,1-2H3,(H,15,16). The van der Waals surface area contributed by atoms with E-state index in [0.29, 0.717) is 18.1 Å². The van der Waals surface area contributed by atoms with Crippen LogP contribution in [-0.2, 0) is 15.1 Å². The molecular weight excluding hydrogens is 216 g/mol. The largest absolute Gasteiger partial charge is 0.479 e. The molecule has 1 N–H and O–H groups in total. The predicted molar refractivity (Wildman–Crippen MR) is 64.8 cm³/mol. The molecule has 1 aliphatic carbocycles. The molecule has 0 heterocycles. The van der Waals surface area contributed by atoms with Gasteiger partial charge < -0.3 is 9.84 Å². The minimum absolute atomic E-state index is 0.538. The van der Waals surface area contributed by atoms with Crippen molar-refractivity contribution < 1.29 is 14.6 Å². The van der Waals surface area contributed by atoms with E-state index >= 15 is 0 Å². The Hall–Kier alpha value is -1.35. The minimum Gasteiger partial charge on any atom is -0.479 e. The maximum Gasteiger partial charge on any atom is 0.340 e. The first-order valence-electron chi connectivity index (χ1n) is 5.97. The molecule has 0 aliphatic heterocycles. The van der Waals surface area contributed by atoms with Gasteiger partial charge >= 0.3 is 5.97 Å². The van der Waals surface area contributed by atoms with Crippen molar-refractivity contribution in [2.24, 2.45) is 5.92 Å². The van der Waals surface area contributed by atoms with Crippen molar-refractivity contribution in [2.75, 3.05) is 6.61 Å². The third-order valence-corrected chi connectivity index (χ3v) is 3.28. The smallest absolute Gasteiger partial charge is 0.340 e. The first-order chi connectivity index (χ1) is 8.02. The normalized spacial score (nSPS) is 18.7. The molecule has 0 radical (unpaired) electrons. The molecule has 1 aromatic carbocycles. The predicted octanol–water partition coefficient (Wildman–Crippen LogP) is 2.72. The Bertz CT molecular complexity index is 423. The summed E-state index contributed by atoms with van der Waals surface area (Å²) in [5, 5.41) is 9.39. The van der Waals surface area contributed by atoms with Crippen molar-refractivity contribution in [3.8, 4) is 0 Å². The number of rotatable bonds is 5. The van der Waals surface area contributed by atoms with E-state index in [1.807, 2.05) is 31.2 Å². The highest BCUT2D eigenvalue weighted by molar-refractivity contribution is 5.79. The lowest BCUT2D eigenvalue weighted by molar-refractivity contribution is -0.165. The Morgan fingerprint density at radius 2 is 2.24 bits per heavy atom. The van der Waals surface area contributed by atoms with E-state index in [4.69, 9.17) is 4.74 Å². The van der Waals surface area contributed by atoms with Crippen molar-refractivity contribution in [3.63, 3.8) is 0 Å². The Morgan fingerprint density at radius 1 is 1.53 bits per heavy atom. The summed E-state index contributed by atoms with van der Waals surface area (Å²) in [5.41, 5.74) is 0.532. The first kappa shape index (κ1) is 12.1. The number of carboxylic acid groups (broad SMARTS) is 1. The molecule has 0 amide bonds. The average Bonchev–Trinajstić information content (AvgIpc) is 3.09. The third kappa shape index (κ3) is 2.67. The fourth-order valence-corrected chi connectivity index (χ4v) is 1.78. The van der Waals surface area contributed by atoms with Crippen molar-refractivity contribution in [1.82, 2.24) is 0 Å². The van der Waals surface area contributed by atoms with Gasteiger partial charge in [-0.3, -0.25) is 0 Å². The zero-order chi connectivity index (χ0) is 12.5.